The summed E-state index contributed by atoms with van der Waals surface area (Å²) >= 11 is 0. The molecule has 1 heterocycles. The molecule has 3 heteroatoms. The molecule has 0 bridgehead atoms. The van der Waals surface area contributed by atoms with E-state index < -0.39 is 0 Å². The van der Waals surface area contributed by atoms with Crippen LogP contribution in [0.15, 0.2) is 24.3 Å². The largest absolute Gasteiger partial charge is 0.508 e. The fourth-order valence-electron chi connectivity index (χ4n) is 2.71. The molecule has 1 saturated heterocycles. The number of hydrogen-bond donors (Lipinski definition) is 2. The molecule has 3 nitrogen and oxygen atoms in total. The standard InChI is InChI=1S/C16H26N2O/c1-13(2)17-11-15-5-3-4-10-18(15)12-14-6-8-16(19)9-7-14/h6-9,13,15,17,19H,3-5,10-12H2,1-2H3. The number of piperidine rings is 1. The summed E-state index contributed by atoms with van der Waals surface area (Å²) in [6.45, 7) is 7.66. The van der Waals surface area contributed by atoms with Crippen LogP contribution >= 0.6 is 0 Å². The van der Waals surface area contributed by atoms with Crippen LogP contribution in [-0.2, 0) is 6.54 Å². The molecule has 1 atom stereocenters. The summed E-state index contributed by atoms with van der Waals surface area (Å²) in [4.78, 5) is 2.57. The molecule has 106 valence electrons. The minimum atomic E-state index is 0.348. The number of phenolic OH excluding ortho intramolecular Hbond substituents is 1. The average molecular weight is 262 g/mol. The second-order valence-electron chi connectivity index (χ2n) is 5.85. The van der Waals surface area contributed by atoms with Gasteiger partial charge < -0.3 is 10.4 Å². The summed E-state index contributed by atoms with van der Waals surface area (Å²) in [6, 6.07) is 8.80. The van der Waals surface area contributed by atoms with Crippen LogP contribution in [0.3, 0.4) is 0 Å². The van der Waals surface area contributed by atoms with Gasteiger partial charge in [0, 0.05) is 25.2 Å². The van der Waals surface area contributed by atoms with Crippen molar-refractivity contribution in [1.82, 2.24) is 10.2 Å². The third-order valence-corrected chi connectivity index (χ3v) is 3.83. The van der Waals surface area contributed by atoms with Gasteiger partial charge in [0.05, 0.1) is 0 Å². The first kappa shape index (κ1) is 14.4. The Hall–Kier alpha value is -1.06. The maximum atomic E-state index is 9.34. The molecule has 19 heavy (non-hydrogen) atoms. The fourth-order valence-corrected chi connectivity index (χ4v) is 2.71. The van der Waals surface area contributed by atoms with Crippen molar-refractivity contribution >= 4 is 0 Å². The van der Waals surface area contributed by atoms with E-state index in [1.807, 2.05) is 12.1 Å². The highest BCUT2D eigenvalue weighted by Crippen LogP contribution is 2.20. The van der Waals surface area contributed by atoms with Gasteiger partial charge in [-0.05, 0) is 37.1 Å². The first-order valence-corrected chi connectivity index (χ1v) is 7.40. The molecule has 0 spiro atoms. The van der Waals surface area contributed by atoms with Crippen molar-refractivity contribution < 1.29 is 5.11 Å². The second kappa shape index (κ2) is 6.92. The Balaban J connectivity index is 1.93. The van der Waals surface area contributed by atoms with E-state index in [2.05, 4.69) is 24.1 Å². The fraction of sp³-hybridized carbons (Fsp3) is 0.625. The monoisotopic (exact) mass is 262 g/mol. The van der Waals surface area contributed by atoms with Crippen LogP contribution in [0.4, 0.5) is 0 Å². The maximum Gasteiger partial charge on any atom is 0.115 e. The molecule has 0 amide bonds. The molecule has 1 aliphatic rings. The van der Waals surface area contributed by atoms with Crippen LogP contribution in [0.5, 0.6) is 5.75 Å². The number of nitrogens with zero attached hydrogens (tertiary/aromatic N) is 1. The molecule has 1 unspecified atom stereocenters. The zero-order chi connectivity index (χ0) is 13.7. The van der Waals surface area contributed by atoms with E-state index in [1.54, 1.807) is 12.1 Å². The first-order chi connectivity index (χ1) is 9.15. The van der Waals surface area contributed by atoms with Gasteiger partial charge in [-0.3, -0.25) is 4.90 Å². The zero-order valence-corrected chi connectivity index (χ0v) is 12.1. The van der Waals surface area contributed by atoms with Crippen molar-refractivity contribution in [2.75, 3.05) is 13.1 Å². The SMILES string of the molecule is CC(C)NCC1CCCCN1Cc1ccc(O)cc1. The van der Waals surface area contributed by atoms with E-state index >= 15 is 0 Å². The van der Waals surface area contributed by atoms with E-state index in [0.29, 0.717) is 17.8 Å². The van der Waals surface area contributed by atoms with Gasteiger partial charge >= 0.3 is 0 Å². The minimum absolute atomic E-state index is 0.348. The van der Waals surface area contributed by atoms with Gasteiger partial charge in [0.2, 0.25) is 0 Å². The molecule has 1 aromatic carbocycles. The van der Waals surface area contributed by atoms with Gasteiger partial charge in [0.1, 0.15) is 5.75 Å². The van der Waals surface area contributed by atoms with Crippen molar-refractivity contribution in [3.63, 3.8) is 0 Å². The van der Waals surface area contributed by atoms with Gasteiger partial charge in [-0.1, -0.05) is 32.4 Å². The topological polar surface area (TPSA) is 35.5 Å². The quantitative estimate of drug-likeness (QED) is 0.856. The lowest BCUT2D eigenvalue weighted by atomic mass is 10.0. The third kappa shape index (κ3) is 4.51. The molecule has 0 aromatic heterocycles. The summed E-state index contributed by atoms with van der Waals surface area (Å²) < 4.78 is 0. The first-order valence-electron chi connectivity index (χ1n) is 7.40. The summed E-state index contributed by atoms with van der Waals surface area (Å²) in [6.07, 6.45) is 3.94. The Labute approximate surface area is 116 Å². The number of hydrogen-bond acceptors (Lipinski definition) is 3. The third-order valence-electron chi connectivity index (χ3n) is 3.83. The smallest absolute Gasteiger partial charge is 0.115 e. The molecular formula is C16H26N2O. The highest BCUT2D eigenvalue weighted by atomic mass is 16.3. The van der Waals surface area contributed by atoms with Crippen LogP contribution in [0.25, 0.3) is 0 Å². The number of nitrogens with one attached hydrogen (secondary N) is 1. The van der Waals surface area contributed by atoms with Gasteiger partial charge in [0.15, 0.2) is 0 Å². The molecular weight excluding hydrogens is 236 g/mol. The molecule has 1 fully saturated rings. The highest BCUT2D eigenvalue weighted by Gasteiger charge is 2.22. The Morgan fingerprint density at radius 2 is 2.00 bits per heavy atom. The van der Waals surface area contributed by atoms with Crippen LogP contribution in [0, 0.1) is 0 Å². The van der Waals surface area contributed by atoms with Crippen molar-refractivity contribution in [3.8, 4) is 5.75 Å². The lowest BCUT2D eigenvalue weighted by molar-refractivity contribution is 0.135. The number of phenols is 1. The Morgan fingerprint density at radius 1 is 1.26 bits per heavy atom. The second-order valence-corrected chi connectivity index (χ2v) is 5.85. The Kier molecular flexibility index (Phi) is 5.23. The molecule has 0 radical (unpaired) electrons. The van der Waals surface area contributed by atoms with Gasteiger partial charge in [0.25, 0.3) is 0 Å². The van der Waals surface area contributed by atoms with Crippen molar-refractivity contribution in [3.05, 3.63) is 29.8 Å². The zero-order valence-electron chi connectivity index (χ0n) is 12.1. The summed E-state index contributed by atoms with van der Waals surface area (Å²) in [5, 5.41) is 12.9. The van der Waals surface area contributed by atoms with Crippen LogP contribution in [-0.4, -0.2) is 35.2 Å². The van der Waals surface area contributed by atoms with Crippen molar-refractivity contribution in [2.45, 2.75) is 51.7 Å². The Bertz CT molecular complexity index is 375. The summed E-state index contributed by atoms with van der Waals surface area (Å²) in [7, 11) is 0. The van der Waals surface area contributed by atoms with Crippen molar-refractivity contribution in [2.24, 2.45) is 0 Å². The number of benzene rings is 1. The lowest BCUT2D eigenvalue weighted by Crippen LogP contribution is -2.46. The van der Waals surface area contributed by atoms with Gasteiger partial charge in [-0.25, -0.2) is 0 Å². The molecule has 1 aromatic rings. The molecule has 0 aliphatic carbocycles. The van der Waals surface area contributed by atoms with Gasteiger partial charge in [-0.15, -0.1) is 0 Å². The normalized spacial score (nSPS) is 20.9. The van der Waals surface area contributed by atoms with Gasteiger partial charge in [-0.2, -0.15) is 0 Å². The predicted octanol–water partition coefficient (Wildman–Crippen LogP) is 2.74. The maximum absolute atomic E-state index is 9.34. The minimum Gasteiger partial charge on any atom is -0.508 e. The van der Waals surface area contributed by atoms with Crippen LogP contribution < -0.4 is 5.32 Å². The lowest BCUT2D eigenvalue weighted by Gasteiger charge is -2.36. The van der Waals surface area contributed by atoms with E-state index in [0.717, 1.165) is 13.1 Å². The number of aromatic hydroxyl groups is 1. The van der Waals surface area contributed by atoms with Crippen LogP contribution in [0.2, 0.25) is 0 Å². The van der Waals surface area contributed by atoms with E-state index in [-0.39, 0.29) is 0 Å². The average Bonchev–Trinajstić information content (AvgIpc) is 2.40. The number of rotatable bonds is 5. The van der Waals surface area contributed by atoms with E-state index in [1.165, 1.54) is 31.4 Å². The van der Waals surface area contributed by atoms with E-state index in [4.69, 9.17) is 0 Å². The Morgan fingerprint density at radius 3 is 2.68 bits per heavy atom. The summed E-state index contributed by atoms with van der Waals surface area (Å²) in [5.41, 5.74) is 1.29. The van der Waals surface area contributed by atoms with E-state index in [9.17, 15) is 5.11 Å². The molecule has 2 rings (SSSR count). The molecule has 2 N–H and O–H groups in total. The predicted molar refractivity (Wildman–Crippen MR) is 79.3 cm³/mol. The summed E-state index contributed by atoms with van der Waals surface area (Å²) in [5.74, 6) is 0.348. The van der Waals surface area contributed by atoms with Crippen LogP contribution in [0.1, 0.15) is 38.7 Å². The number of likely N-dealkylation sites (tertiary alicyclic amines) is 1. The molecule has 0 saturated carbocycles. The highest BCUT2D eigenvalue weighted by molar-refractivity contribution is 5.25. The van der Waals surface area contributed by atoms with Crippen molar-refractivity contribution in [1.29, 1.82) is 0 Å². The molecule has 1 aliphatic heterocycles.